The van der Waals surface area contributed by atoms with E-state index in [1.807, 2.05) is 0 Å². The van der Waals surface area contributed by atoms with E-state index in [1.165, 1.54) is 0 Å². The molecule has 0 heterocycles. The summed E-state index contributed by atoms with van der Waals surface area (Å²) in [6, 6.07) is 4.82. The molecule has 1 unspecified atom stereocenters. The minimum Gasteiger partial charge on any atom is -0.481 e. The van der Waals surface area contributed by atoms with Crippen LogP contribution >= 0.6 is 27.5 Å². The summed E-state index contributed by atoms with van der Waals surface area (Å²) in [6.07, 6.45) is 1.13. The Kier molecular flexibility index (Phi) is 6.81. The molecule has 0 bridgehead atoms. The summed E-state index contributed by atoms with van der Waals surface area (Å²) in [6.45, 7) is 2.06. The minimum absolute atomic E-state index is 0.351. The van der Waals surface area contributed by atoms with Gasteiger partial charge in [0.05, 0.1) is 21.1 Å². The lowest BCUT2D eigenvalue weighted by molar-refractivity contribution is -0.141. The normalized spacial score (nSPS) is 11.8. The number of carbonyl (C=O) groups is 2. The predicted octanol–water partition coefficient (Wildman–Crippen LogP) is 3.72. The van der Waals surface area contributed by atoms with Crippen molar-refractivity contribution in [1.82, 2.24) is 5.32 Å². The van der Waals surface area contributed by atoms with E-state index < -0.39 is 11.9 Å². The molecule has 110 valence electrons. The Morgan fingerprint density at radius 2 is 2.15 bits per heavy atom. The summed E-state index contributed by atoms with van der Waals surface area (Å²) in [5.74, 6) is -1.22. The topological polar surface area (TPSA) is 78.4 Å². The van der Waals surface area contributed by atoms with Crippen LogP contribution in [0.15, 0.2) is 22.7 Å². The zero-order valence-electron chi connectivity index (χ0n) is 11.0. The van der Waals surface area contributed by atoms with Crippen LogP contribution in [0, 0.1) is 5.92 Å². The number of hydrogen-bond donors (Lipinski definition) is 3. The molecule has 0 fully saturated rings. The summed E-state index contributed by atoms with van der Waals surface area (Å²) in [5.41, 5.74) is 0.578. The molecule has 5 nitrogen and oxygen atoms in total. The molecule has 1 atom stereocenters. The molecule has 0 saturated heterocycles. The number of carboxylic acid groups (broad SMARTS) is 1. The number of rotatable bonds is 6. The molecule has 20 heavy (non-hydrogen) atoms. The Bertz CT molecular complexity index is 497. The van der Waals surface area contributed by atoms with Gasteiger partial charge in [-0.2, -0.15) is 0 Å². The maximum atomic E-state index is 11.7. The molecule has 0 aliphatic carbocycles. The Hall–Kier alpha value is -1.27. The molecular weight excluding hydrogens is 348 g/mol. The number of aliphatic carboxylic acids is 1. The number of urea groups is 1. The molecule has 2 amide bonds. The molecule has 0 radical (unpaired) electrons. The highest BCUT2D eigenvalue weighted by Crippen LogP contribution is 2.29. The van der Waals surface area contributed by atoms with Crippen molar-refractivity contribution in [3.63, 3.8) is 0 Å². The lowest BCUT2D eigenvalue weighted by atomic mass is 10.1. The first-order chi connectivity index (χ1) is 9.41. The highest BCUT2D eigenvalue weighted by Gasteiger charge is 2.11. The average Bonchev–Trinajstić information content (AvgIpc) is 2.39. The molecule has 3 N–H and O–H groups in total. The fourth-order valence-corrected chi connectivity index (χ4v) is 2.04. The first-order valence-electron chi connectivity index (χ1n) is 6.13. The largest absolute Gasteiger partial charge is 0.481 e. The van der Waals surface area contributed by atoms with Crippen LogP contribution in [0.4, 0.5) is 10.5 Å². The Balaban J connectivity index is 2.34. The van der Waals surface area contributed by atoms with E-state index in [2.05, 4.69) is 26.6 Å². The van der Waals surface area contributed by atoms with Gasteiger partial charge in [-0.25, -0.2) is 4.79 Å². The summed E-state index contributed by atoms with van der Waals surface area (Å²) >= 11 is 9.20. The Morgan fingerprint density at radius 1 is 1.45 bits per heavy atom. The third-order valence-electron chi connectivity index (χ3n) is 2.72. The SMILES string of the molecule is CC(CCCNC(=O)Nc1cccc(Cl)c1Br)C(=O)O. The van der Waals surface area contributed by atoms with Crippen molar-refractivity contribution in [3.05, 3.63) is 27.7 Å². The highest BCUT2D eigenvalue weighted by atomic mass is 79.9. The molecular formula is C13H16BrClN2O3. The fraction of sp³-hybridized carbons (Fsp3) is 0.385. The summed E-state index contributed by atoms with van der Waals surface area (Å²) in [4.78, 5) is 22.3. The van der Waals surface area contributed by atoms with Crippen LogP contribution in [0.1, 0.15) is 19.8 Å². The zero-order valence-corrected chi connectivity index (χ0v) is 13.3. The average molecular weight is 364 g/mol. The van der Waals surface area contributed by atoms with Gasteiger partial charge in [0, 0.05) is 6.54 Å². The van der Waals surface area contributed by atoms with Crippen molar-refractivity contribution in [2.75, 3.05) is 11.9 Å². The van der Waals surface area contributed by atoms with Crippen LogP contribution in [-0.4, -0.2) is 23.7 Å². The molecule has 0 saturated carbocycles. The van der Waals surface area contributed by atoms with E-state index >= 15 is 0 Å². The quantitative estimate of drug-likeness (QED) is 0.674. The third kappa shape index (κ3) is 5.38. The van der Waals surface area contributed by atoms with E-state index in [4.69, 9.17) is 16.7 Å². The van der Waals surface area contributed by atoms with Gasteiger partial charge < -0.3 is 15.7 Å². The molecule has 0 aliphatic rings. The summed E-state index contributed by atoms with van der Waals surface area (Å²) in [5, 5.41) is 14.6. The number of nitrogens with one attached hydrogen (secondary N) is 2. The number of amides is 2. The first kappa shape index (κ1) is 16.8. The number of hydrogen-bond acceptors (Lipinski definition) is 2. The molecule has 1 aromatic rings. The number of carboxylic acids is 1. The molecule has 1 rings (SSSR count). The van der Waals surface area contributed by atoms with Crippen molar-refractivity contribution in [2.45, 2.75) is 19.8 Å². The maximum absolute atomic E-state index is 11.7. The zero-order chi connectivity index (χ0) is 15.1. The van der Waals surface area contributed by atoms with Crippen molar-refractivity contribution >= 4 is 45.2 Å². The van der Waals surface area contributed by atoms with Gasteiger partial charge in [0.15, 0.2) is 0 Å². The Morgan fingerprint density at radius 3 is 2.80 bits per heavy atom. The molecule has 0 aromatic heterocycles. The van der Waals surface area contributed by atoms with Crippen LogP contribution < -0.4 is 10.6 Å². The minimum atomic E-state index is -0.822. The van der Waals surface area contributed by atoms with Crippen LogP contribution in [0.3, 0.4) is 0 Å². The maximum Gasteiger partial charge on any atom is 0.319 e. The molecule has 7 heteroatoms. The van der Waals surface area contributed by atoms with Gasteiger partial charge in [0.2, 0.25) is 0 Å². The van der Waals surface area contributed by atoms with Gasteiger partial charge in [-0.15, -0.1) is 0 Å². The van der Waals surface area contributed by atoms with Crippen molar-refractivity contribution < 1.29 is 14.7 Å². The van der Waals surface area contributed by atoms with Crippen molar-refractivity contribution in [3.8, 4) is 0 Å². The number of halogens is 2. The second kappa shape index (κ2) is 8.11. The van der Waals surface area contributed by atoms with Gasteiger partial charge in [-0.1, -0.05) is 24.6 Å². The van der Waals surface area contributed by atoms with E-state index in [1.54, 1.807) is 25.1 Å². The van der Waals surface area contributed by atoms with E-state index in [0.29, 0.717) is 34.6 Å². The van der Waals surface area contributed by atoms with Crippen LogP contribution in [0.25, 0.3) is 0 Å². The standard InChI is InChI=1S/C13H16BrClN2O3/c1-8(12(18)19)4-3-7-16-13(20)17-10-6-2-5-9(15)11(10)14/h2,5-6,8H,3-4,7H2,1H3,(H,18,19)(H2,16,17,20). The lowest BCUT2D eigenvalue weighted by Gasteiger charge is -2.10. The molecule has 1 aromatic carbocycles. The van der Waals surface area contributed by atoms with Crippen LogP contribution in [-0.2, 0) is 4.79 Å². The predicted molar refractivity (Wildman–Crippen MR) is 82.2 cm³/mol. The van der Waals surface area contributed by atoms with Gasteiger partial charge in [0.1, 0.15) is 0 Å². The van der Waals surface area contributed by atoms with E-state index in [0.717, 1.165) is 0 Å². The van der Waals surface area contributed by atoms with Gasteiger partial charge in [-0.05, 0) is 40.9 Å². The lowest BCUT2D eigenvalue weighted by Crippen LogP contribution is -2.30. The highest BCUT2D eigenvalue weighted by molar-refractivity contribution is 9.10. The smallest absolute Gasteiger partial charge is 0.319 e. The summed E-state index contributed by atoms with van der Waals surface area (Å²) in [7, 11) is 0. The first-order valence-corrected chi connectivity index (χ1v) is 7.30. The second-order valence-electron chi connectivity index (χ2n) is 4.36. The second-order valence-corrected chi connectivity index (χ2v) is 5.56. The third-order valence-corrected chi connectivity index (χ3v) is 4.12. The van der Waals surface area contributed by atoms with Gasteiger partial charge in [0.25, 0.3) is 0 Å². The van der Waals surface area contributed by atoms with Gasteiger partial charge in [-0.3, -0.25) is 4.79 Å². The fourth-order valence-electron chi connectivity index (χ4n) is 1.50. The Labute approximate surface area is 130 Å². The number of benzene rings is 1. The summed E-state index contributed by atoms with van der Waals surface area (Å²) < 4.78 is 0.622. The van der Waals surface area contributed by atoms with E-state index in [-0.39, 0.29) is 6.03 Å². The monoisotopic (exact) mass is 362 g/mol. The number of carbonyl (C=O) groups excluding carboxylic acids is 1. The van der Waals surface area contributed by atoms with Crippen molar-refractivity contribution in [1.29, 1.82) is 0 Å². The molecule has 0 spiro atoms. The van der Waals surface area contributed by atoms with Crippen LogP contribution in [0.2, 0.25) is 5.02 Å². The molecule has 0 aliphatic heterocycles. The van der Waals surface area contributed by atoms with Crippen LogP contribution in [0.5, 0.6) is 0 Å². The van der Waals surface area contributed by atoms with Crippen molar-refractivity contribution in [2.24, 2.45) is 5.92 Å². The number of anilines is 1. The van der Waals surface area contributed by atoms with E-state index in [9.17, 15) is 9.59 Å². The van der Waals surface area contributed by atoms with Gasteiger partial charge >= 0.3 is 12.0 Å².